The van der Waals surface area contributed by atoms with Gasteiger partial charge in [-0.05, 0) is 39.5 Å². The lowest BCUT2D eigenvalue weighted by molar-refractivity contribution is -0.137. The summed E-state index contributed by atoms with van der Waals surface area (Å²) in [5.74, 6) is -0.359. The molecule has 0 bridgehead atoms. The van der Waals surface area contributed by atoms with Crippen molar-refractivity contribution >= 4 is 34.9 Å². The first kappa shape index (κ1) is 22.4. The second-order valence-electron chi connectivity index (χ2n) is 4.13. The smallest absolute Gasteiger partial charge is 0.330 e. The summed E-state index contributed by atoms with van der Waals surface area (Å²) in [6.45, 7) is 16.1. The third-order valence-electron chi connectivity index (χ3n) is 1.42. The second kappa shape index (κ2) is 12.8. The Kier molecular flexibility index (Phi) is 14.4. The highest BCUT2D eigenvalue weighted by atomic mass is 32.9. The van der Waals surface area contributed by atoms with Gasteiger partial charge in [0.1, 0.15) is 0 Å². The Balaban J connectivity index is 0. The van der Waals surface area contributed by atoms with Crippen LogP contribution in [0.15, 0.2) is 12.7 Å². The molecule has 0 amide bonds. The Morgan fingerprint density at radius 2 is 1.85 bits per heavy atom. The van der Waals surface area contributed by atoms with Gasteiger partial charge < -0.3 is 13.8 Å². The molecule has 1 unspecified atom stereocenters. The fraction of sp³-hybridized carbons (Fsp3) is 0.769. The molecule has 120 valence electrons. The summed E-state index contributed by atoms with van der Waals surface area (Å²) in [6.07, 6.45) is 1.28. The Morgan fingerprint density at radius 1 is 1.30 bits per heavy atom. The van der Waals surface area contributed by atoms with Gasteiger partial charge in [-0.3, -0.25) is 0 Å². The molecule has 0 rings (SSSR count). The highest BCUT2D eigenvalue weighted by molar-refractivity contribution is 8.68. The number of hydrogen-bond acceptors (Lipinski definition) is 6. The quantitative estimate of drug-likeness (QED) is 0.366. The summed E-state index contributed by atoms with van der Waals surface area (Å²) in [7, 11) is 0. The van der Waals surface area contributed by atoms with E-state index in [4.69, 9.17) is 20.9 Å². The molecule has 0 aliphatic heterocycles. The van der Waals surface area contributed by atoms with Crippen LogP contribution in [0.3, 0.4) is 0 Å². The van der Waals surface area contributed by atoms with Gasteiger partial charge in [-0.25, -0.2) is 4.79 Å². The van der Waals surface area contributed by atoms with Crippen LogP contribution in [-0.4, -0.2) is 30.5 Å². The van der Waals surface area contributed by atoms with Crippen LogP contribution in [0.4, 0.5) is 0 Å². The van der Waals surface area contributed by atoms with Gasteiger partial charge in [0.05, 0.1) is 19.3 Å². The number of rotatable bonds is 8. The number of ether oxygens (including phenoxy) is 1. The lowest BCUT2D eigenvalue weighted by Crippen LogP contribution is -2.02. The molecule has 0 N–H and O–H groups in total. The summed E-state index contributed by atoms with van der Waals surface area (Å²) in [4.78, 5) is 10.1. The van der Waals surface area contributed by atoms with Gasteiger partial charge in [-0.2, -0.15) is 0 Å². The monoisotopic (exact) mass is 342 g/mol. The molecular weight excluding hydrogens is 315 g/mol. The first-order valence-electron chi connectivity index (χ1n) is 6.61. The standard InChI is InChI=1S/C8H19O2PS2.C5H8O2/c1-6-9-11(12,10-7(2)3)13-8(4)5;1-3-5(6)7-4-2/h7-8H,6H2,1-5H3;3H,1,4H2,2H3. The van der Waals surface area contributed by atoms with E-state index in [1.54, 1.807) is 18.3 Å². The van der Waals surface area contributed by atoms with Crippen molar-refractivity contribution in [2.45, 2.75) is 52.9 Å². The van der Waals surface area contributed by atoms with Gasteiger partial charge in [-0.1, -0.05) is 31.8 Å². The molecule has 0 fully saturated rings. The molecule has 0 saturated heterocycles. The fourth-order valence-corrected chi connectivity index (χ4v) is 7.58. The molecule has 0 heterocycles. The number of carbonyl (C=O) groups is 1. The van der Waals surface area contributed by atoms with Gasteiger partial charge in [0, 0.05) is 11.3 Å². The molecule has 0 aromatic rings. The van der Waals surface area contributed by atoms with Crippen molar-refractivity contribution in [1.29, 1.82) is 0 Å². The lowest BCUT2D eigenvalue weighted by atomic mass is 10.5. The Morgan fingerprint density at radius 3 is 2.10 bits per heavy atom. The van der Waals surface area contributed by atoms with Crippen LogP contribution in [0.5, 0.6) is 0 Å². The van der Waals surface area contributed by atoms with Crippen molar-refractivity contribution in [3.8, 4) is 0 Å². The van der Waals surface area contributed by atoms with E-state index < -0.39 is 5.69 Å². The normalized spacial score (nSPS) is 13.4. The molecule has 0 aromatic heterocycles. The van der Waals surface area contributed by atoms with Crippen LogP contribution in [0.1, 0.15) is 41.5 Å². The van der Waals surface area contributed by atoms with Crippen LogP contribution >= 0.6 is 17.1 Å². The fourth-order valence-electron chi connectivity index (χ4n) is 0.961. The van der Waals surface area contributed by atoms with E-state index in [2.05, 4.69) is 25.2 Å². The summed E-state index contributed by atoms with van der Waals surface area (Å²) in [5, 5.41) is 0.455. The maximum Gasteiger partial charge on any atom is 0.330 e. The van der Waals surface area contributed by atoms with Crippen LogP contribution in [0.25, 0.3) is 0 Å². The van der Waals surface area contributed by atoms with E-state index in [0.29, 0.717) is 18.5 Å². The van der Waals surface area contributed by atoms with Gasteiger partial charge in [0.25, 0.3) is 0 Å². The van der Waals surface area contributed by atoms with Crippen LogP contribution in [-0.2, 0) is 30.4 Å². The molecule has 0 aromatic carbocycles. The Hall–Kier alpha value is 0.130. The van der Waals surface area contributed by atoms with E-state index in [0.717, 1.165) is 6.08 Å². The summed E-state index contributed by atoms with van der Waals surface area (Å²) < 4.78 is 15.6. The minimum Gasteiger partial charge on any atom is -0.463 e. The minimum absolute atomic E-state index is 0.142. The maximum atomic E-state index is 10.1. The average Bonchev–Trinajstić information content (AvgIpc) is 2.27. The van der Waals surface area contributed by atoms with E-state index in [-0.39, 0.29) is 12.1 Å². The lowest BCUT2D eigenvalue weighted by Gasteiger charge is -2.24. The van der Waals surface area contributed by atoms with Crippen molar-refractivity contribution in [3.05, 3.63) is 12.7 Å². The summed E-state index contributed by atoms with van der Waals surface area (Å²) in [6, 6.07) is 0. The molecule has 0 saturated carbocycles. The molecule has 0 spiro atoms. The predicted octanol–water partition coefficient (Wildman–Crippen LogP) is 4.55. The molecule has 0 aliphatic rings. The number of esters is 1. The maximum absolute atomic E-state index is 10.1. The topological polar surface area (TPSA) is 44.8 Å². The second-order valence-corrected chi connectivity index (χ2v) is 10.9. The molecule has 0 aliphatic carbocycles. The number of carbonyl (C=O) groups excluding carboxylic acids is 1. The van der Waals surface area contributed by atoms with Crippen LogP contribution in [0, 0.1) is 0 Å². The van der Waals surface area contributed by atoms with Crippen molar-refractivity contribution in [2.24, 2.45) is 0 Å². The van der Waals surface area contributed by atoms with E-state index in [1.165, 1.54) is 0 Å². The van der Waals surface area contributed by atoms with Crippen molar-refractivity contribution in [3.63, 3.8) is 0 Å². The summed E-state index contributed by atoms with van der Waals surface area (Å²) >= 11 is 7.02. The van der Waals surface area contributed by atoms with E-state index in [1.807, 2.05) is 20.8 Å². The molecule has 20 heavy (non-hydrogen) atoms. The highest BCUT2D eigenvalue weighted by Crippen LogP contribution is 2.63. The first-order valence-corrected chi connectivity index (χ1v) is 10.7. The zero-order valence-electron chi connectivity index (χ0n) is 13.3. The largest absolute Gasteiger partial charge is 0.463 e. The average molecular weight is 342 g/mol. The predicted molar refractivity (Wildman–Crippen MR) is 91.7 cm³/mol. The van der Waals surface area contributed by atoms with E-state index >= 15 is 0 Å². The van der Waals surface area contributed by atoms with Crippen LogP contribution in [0.2, 0.25) is 0 Å². The Bertz CT molecular complexity index is 305. The van der Waals surface area contributed by atoms with Gasteiger partial charge >= 0.3 is 5.97 Å². The van der Waals surface area contributed by atoms with Gasteiger partial charge in [0.15, 0.2) is 0 Å². The molecule has 7 heteroatoms. The van der Waals surface area contributed by atoms with Crippen LogP contribution < -0.4 is 0 Å². The summed E-state index contributed by atoms with van der Waals surface area (Å²) in [5.41, 5.74) is -2.08. The zero-order valence-corrected chi connectivity index (χ0v) is 15.8. The Labute approximate surface area is 132 Å². The molecule has 1 atom stereocenters. The van der Waals surface area contributed by atoms with E-state index in [9.17, 15) is 4.79 Å². The third kappa shape index (κ3) is 14.5. The SMILES string of the molecule is C=CC(=O)OCC.CCOP(=S)(OC(C)C)SC(C)C. The number of hydrogen-bond donors (Lipinski definition) is 0. The van der Waals surface area contributed by atoms with Gasteiger partial charge in [0.2, 0.25) is 5.69 Å². The van der Waals surface area contributed by atoms with Crippen molar-refractivity contribution < 1.29 is 18.6 Å². The molecular formula is C13H27O4PS2. The highest BCUT2D eigenvalue weighted by Gasteiger charge is 2.22. The third-order valence-corrected chi connectivity index (χ3v) is 7.32. The first-order chi connectivity index (χ1) is 9.20. The minimum atomic E-state index is -2.08. The molecule has 4 nitrogen and oxygen atoms in total. The zero-order chi connectivity index (χ0) is 16.2. The molecule has 0 radical (unpaired) electrons. The van der Waals surface area contributed by atoms with Crippen molar-refractivity contribution in [2.75, 3.05) is 13.2 Å². The van der Waals surface area contributed by atoms with Crippen molar-refractivity contribution in [1.82, 2.24) is 0 Å². The van der Waals surface area contributed by atoms with Gasteiger partial charge in [-0.15, -0.1) is 0 Å².